The molecular formula is C9H13N3O2. The fraction of sp³-hybridized carbons (Fsp3) is 0.556. The van der Waals surface area contributed by atoms with Crippen molar-refractivity contribution in [2.45, 2.75) is 25.9 Å². The Kier molecular flexibility index (Phi) is 2.49. The van der Waals surface area contributed by atoms with Gasteiger partial charge in [-0.2, -0.15) is 5.10 Å². The number of ether oxygens (including phenoxy) is 1. The Balaban J connectivity index is 1.97. The molecule has 5 heteroatoms. The number of rotatable bonds is 2. The highest BCUT2D eigenvalue weighted by Gasteiger charge is 2.24. The molecule has 1 amide bonds. The average molecular weight is 195 g/mol. The van der Waals surface area contributed by atoms with Crippen LogP contribution in [0.4, 0.5) is 5.82 Å². The lowest BCUT2D eigenvalue weighted by molar-refractivity contribution is -0.124. The summed E-state index contributed by atoms with van der Waals surface area (Å²) in [6, 6.07) is 0. The topological polar surface area (TPSA) is 67.0 Å². The van der Waals surface area contributed by atoms with Crippen molar-refractivity contribution < 1.29 is 9.53 Å². The largest absolute Gasteiger partial charge is 0.368 e. The van der Waals surface area contributed by atoms with Gasteiger partial charge in [0.05, 0.1) is 6.20 Å². The number of amides is 1. The predicted octanol–water partition coefficient (Wildman–Crippen LogP) is 0.836. The second kappa shape index (κ2) is 3.79. The third-order valence-electron chi connectivity index (χ3n) is 2.30. The van der Waals surface area contributed by atoms with E-state index in [0.29, 0.717) is 12.4 Å². The molecule has 0 radical (unpaired) electrons. The number of nitrogens with one attached hydrogen (secondary N) is 2. The summed E-state index contributed by atoms with van der Waals surface area (Å²) in [7, 11) is 0. The zero-order chi connectivity index (χ0) is 9.97. The monoisotopic (exact) mass is 195 g/mol. The molecule has 0 bridgehead atoms. The van der Waals surface area contributed by atoms with Crippen LogP contribution >= 0.6 is 0 Å². The number of H-pyrrole nitrogens is 1. The smallest absolute Gasteiger partial charge is 0.254 e. The van der Waals surface area contributed by atoms with E-state index in [2.05, 4.69) is 15.5 Å². The summed E-state index contributed by atoms with van der Waals surface area (Å²) in [6.07, 6.45) is 3.14. The van der Waals surface area contributed by atoms with Crippen molar-refractivity contribution in [1.29, 1.82) is 0 Å². The van der Waals surface area contributed by atoms with E-state index in [-0.39, 0.29) is 12.0 Å². The van der Waals surface area contributed by atoms with Gasteiger partial charge < -0.3 is 10.1 Å². The number of carbonyl (C=O) groups is 1. The second-order valence-corrected chi connectivity index (χ2v) is 3.42. The maximum atomic E-state index is 11.6. The van der Waals surface area contributed by atoms with Crippen LogP contribution in [-0.4, -0.2) is 28.8 Å². The summed E-state index contributed by atoms with van der Waals surface area (Å²) in [5, 5.41) is 9.29. The standard InChI is InChI=1S/C9H13N3O2/c1-6-5-10-12-8(6)11-9(13)7-3-2-4-14-7/h5,7H,2-4H2,1H3,(H2,10,11,12,13). The van der Waals surface area contributed by atoms with E-state index < -0.39 is 0 Å². The van der Waals surface area contributed by atoms with Crippen molar-refractivity contribution in [2.24, 2.45) is 0 Å². The number of aromatic nitrogens is 2. The van der Waals surface area contributed by atoms with Crippen LogP contribution in [0, 0.1) is 6.92 Å². The zero-order valence-corrected chi connectivity index (χ0v) is 8.04. The van der Waals surface area contributed by atoms with Gasteiger partial charge in [-0.25, -0.2) is 0 Å². The molecule has 0 aromatic carbocycles. The molecule has 14 heavy (non-hydrogen) atoms. The predicted molar refractivity (Wildman–Crippen MR) is 50.9 cm³/mol. The second-order valence-electron chi connectivity index (χ2n) is 3.42. The molecule has 2 heterocycles. The number of aromatic amines is 1. The van der Waals surface area contributed by atoms with E-state index >= 15 is 0 Å². The van der Waals surface area contributed by atoms with E-state index in [1.165, 1.54) is 0 Å². The van der Waals surface area contributed by atoms with E-state index in [1.54, 1.807) is 6.20 Å². The molecule has 1 aromatic heterocycles. The van der Waals surface area contributed by atoms with Crippen molar-refractivity contribution in [1.82, 2.24) is 10.2 Å². The first-order valence-corrected chi connectivity index (χ1v) is 4.70. The zero-order valence-electron chi connectivity index (χ0n) is 8.04. The average Bonchev–Trinajstić information content (AvgIpc) is 2.77. The minimum absolute atomic E-state index is 0.0881. The molecule has 1 aromatic rings. The number of anilines is 1. The quantitative estimate of drug-likeness (QED) is 0.734. The van der Waals surface area contributed by atoms with Gasteiger partial charge in [-0.15, -0.1) is 0 Å². The number of nitrogens with zero attached hydrogens (tertiary/aromatic N) is 1. The highest BCUT2D eigenvalue weighted by Crippen LogP contribution is 2.15. The normalized spacial score (nSPS) is 21.1. The Morgan fingerprint density at radius 2 is 2.64 bits per heavy atom. The first-order valence-electron chi connectivity index (χ1n) is 4.70. The Hall–Kier alpha value is -1.36. The van der Waals surface area contributed by atoms with Crippen LogP contribution in [-0.2, 0) is 9.53 Å². The van der Waals surface area contributed by atoms with Crippen molar-refractivity contribution in [3.8, 4) is 0 Å². The summed E-state index contributed by atoms with van der Waals surface area (Å²) >= 11 is 0. The molecule has 1 aliphatic rings. The summed E-state index contributed by atoms with van der Waals surface area (Å²) in [6.45, 7) is 2.56. The number of carbonyl (C=O) groups excluding carboxylic acids is 1. The van der Waals surface area contributed by atoms with Crippen molar-refractivity contribution in [3.05, 3.63) is 11.8 Å². The van der Waals surface area contributed by atoms with Crippen LogP contribution in [0.15, 0.2) is 6.20 Å². The fourth-order valence-electron chi connectivity index (χ4n) is 1.46. The lowest BCUT2D eigenvalue weighted by atomic mass is 10.2. The third kappa shape index (κ3) is 1.77. The molecule has 2 N–H and O–H groups in total. The Morgan fingerprint density at radius 1 is 1.79 bits per heavy atom. The lowest BCUT2D eigenvalue weighted by Gasteiger charge is -2.08. The Bertz CT molecular complexity index is 329. The van der Waals surface area contributed by atoms with Crippen molar-refractivity contribution >= 4 is 11.7 Å². The molecule has 1 saturated heterocycles. The molecule has 2 rings (SSSR count). The highest BCUT2D eigenvalue weighted by atomic mass is 16.5. The molecule has 0 aliphatic carbocycles. The van der Waals surface area contributed by atoms with Gasteiger partial charge in [0.2, 0.25) is 0 Å². The van der Waals surface area contributed by atoms with Gasteiger partial charge >= 0.3 is 0 Å². The van der Waals surface area contributed by atoms with Gasteiger partial charge in [0, 0.05) is 12.2 Å². The number of hydrogen-bond acceptors (Lipinski definition) is 3. The first-order chi connectivity index (χ1) is 6.77. The summed E-state index contributed by atoms with van der Waals surface area (Å²) in [5.41, 5.74) is 0.927. The summed E-state index contributed by atoms with van der Waals surface area (Å²) in [4.78, 5) is 11.6. The van der Waals surface area contributed by atoms with Crippen LogP contribution in [0.25, 0.3) is 0 Å². The van der Waals surface area contributed by atoms with E-state index in [9.17, 15) is 4.79 Å². The van der Waals surface area contributed by atoms with Crippen LogP contribution in [0.1, 0.15) is 18.4 Å². The van der Waals surface area contributed by atoms with E-state index in [1.807, 2.05) is 6.92 Å². The fourth-order valence-corrected chi connectivity index (χ4v) is 1.46. The molecule has 0 spiro atoms. The minimum atomic E-state index is -0.294. The molecule has 76 valence electrons. The third-order valence-corrected chi connectivity index (χ3v) is 2.30. The van der Waals surface area contributed by atoms with Gasteiger partial charge in [0.25, 0.3) is 5.91 Å². The van der Waals surface area contributed by atoms with Crippen LogP contribution in [0.2, 0.25) is 0 Å². The van der Waals surface area contributed by atoms with Crippen molar-refractivity contribution in [2.75, 3.05) is 11.9 Å². The van der Waals surface area contributed by atoms with Gasteiger partial charge in [-0.05, 0) is 19.8 Å². The van der Waals surface area contributed by atoms with Crippen LogP contribution < -0.4 is 5.32 Å². The molecule has 1 unspecified atom stereocenters. The molecular weight excluding hydrogens is 182 g/mol. The number of hydrogen-bond donors (Lipinski definition) is 2. The maximum Gasteiger partial charge on any atom is 0.254 e. The molecule has 1 aliphatic heterocycles. The highest BCUT2D eigenvalue weighted by molar-refractivity contribution is 5.93. The Morgan fingerprint density at radius 3 is 3.21 bits per heavy atom. The minimum Gasteiger partial charge on any atom is -0.368 e. The van der Waals surface area contributed by atoms with Gasteiger partial charge in [0.15, 0.2) is 0 Å². The Labute approximate surface area is 81.8 Å². The lowest BCUT2D eigenvalue weighted by Crippen LogP contribution is -2.27. The maximum absolute atomic E-state index is 11.6. The summed E-state index contributed by atoms with van der Waals surface area (Å²) < 4.78 is 5.26. The van der Waals surface area contributed by atoms with Gasteiger partial charge in [-0.1, -0.05) is 0 Å². The molecule has 5 nitrogen and oxygen atoms in total. The van der Waals surface area contributed by atoms with E-state index in [0.717, 1.165) is 18.4 Å². The molecule has 1 fully saturated rings. The molecule has 0 saturated carbocycles. The molecule has 1 atom stereocenters. The summed E-state index contributed by atoms with van der Waals surface area (Å²) in [5.74, 6) is 0.570. The first kappa shape index (κ1) is 9.21. The van der Waals surface area contributed by atoms with Gasteiger partial charge in [0.1, 0.15) is 11.9 Å². The van der Waals surface area contributed by atoms with Crippen molar-refractivity contribution in [3.63, 3.8) is 0 Å². The van der Waals surface area contributed by atoms with Crippen LogP contribution in [0.3, 0.4) is 0 Å². The number of aryl methyl sites for hydroxylation is 1. The SMILES string of the molecule is Cc1cn[nH]c1NC(=O)C1CCCO1. The van der Waals surface area contributed by atoms with Gasteiger partial charge in [-0.3, -0.25) is 9.89 Å². The van der Waals surface area contributed by atoms with E-state index in [4.69, 9.17) is 4.74 Å². The van der Waals surface area contributed by atoms with Crippen LogP contribution in [0.5, 0.6) is 0 Å².